The lowest BCUT2D eigenvalue weighted by Gasteiger charge is -2.13. The summed E-state index contributed by atoms with van der Waals surface area (Å²) >= 11 is 1.37. The quantitative estimate of drug-likeness (QED) is 0.838. The van der Waals surface area contributed by atoms with E-state index in [1.807, 2.05) is 0 Å². The van der Waals surface area contributed by atoms with Crippen molar-refractivity contribution in [2.75, 3.05) is 11.9 Å². The van der Waals surface area contributed by atoms with E-state index in [9.17, 15) is 9.18 Å². The standard InChI is InChI=1S/C12H11FN2OS/c1-15(12-14-6-7-17-12)11(16)8-9-4-2-3-5-10(9)13/h2-7H,8H2,1H3. The second-order valence-corrected chi connectivity index (χ2v) is 4.41. The average Bonchev–Trinajstić information content (AvgIpc) is 2.84. The second-order valence-electron chi connectivity index (χ2n) is 3.54. The zero-order valence-corrected chi connectivity index (χ0v) is 10.1. The molecule has 0 bridgehead atoms. The van der Waals surface area contributed by atoms with Crippen molar-refractivity contribution >= 4 is 22.4 Å². The van der Waals surface area contributed by atoms with Crippen molar-refractivity contribution in [1.29, 1.82) is 0 Å². The van der Waals surface area contributed by atoms with Crippen LogP contribution in [0.4, 0.5) is 9.52 Å². The lowest BCUT2D eigenvalue weighted by Crippen LogP contribution is -2.27. The number of halogens is 1. The third kappa shape index (κ3) is 2.68. The summed E-state index contributed by atoms with van der Waals surface area (Å²) in [6.45, 7) is 0. The molecule has 0 atom stereocenters. The first kappa shape index (κ1) is 11.7. The van der Waals surface area contributed by atoms with Gasteiger partial charge in [-0.15, -0.1) is 11.3 Å². The number of hydrogen-bond acceptors (Lipinski definition) is 3. The van der Waals surface area contributed by atoms with Crippen LogP contribution < -0.4 is 4.90 Å². The molecule has 5 heteroatoms. The fraction of sp³-hybridized carbons (Fsp3) is 0.167. The highest BCUT2D eigenvalue weighted by atomic mass is 32.1. The first-order valence-corrected chi connectivity index (χ1v) is 5.96. The number of anilines is 1. The zero-order valence-electron chi connectivity index (χ0n) is 9.26. The van der Waals surface area contributed by atoms with Crippen LogP contribution in [0.1, 0.15) is 5.56 Å². The minimum Gasteiger partial charge on any atom is -0.291 e. The number of hydrogen-bond donors (Lipinski definition) is 0. The maximum atomic E-state index is 13.4. The minimum atomic E-state index is -0.353. The summed E-state index contributed by atoms with van der Waals surface area (Å²) in [7, 11) is 1.64. The number of benzene rings is 1. The van der Waals surface area contributed by atoms with Crippen molar-refractivity contribution in [2.45, 2.75) is 6.42 Å². The van der Waals surface area contributed by atoms with Gasteiger partial charge < -0.3 is 0 Å². The first-order valence-electron chi connectivity index (χ1n) is 5.08. The summed E-state index contributed by atoms with van der Waals surface area (Å²) in [5.41, 5.74) is 0.404. The maximum absolute atomic E-state index is 13.4. The van der Waals surface area contributed by atoms with E-state index in [0.29, 0.717) is 10.7 Å². The van der Waals surface area contributed by atoms with Crippen molar-refractivity contribution < 1.29 is 9.18 Å². The Morgan fingerprint density at radius 1 is 1.47 bits per heavy atom. The molecule has 1 aromatic heterocycles. The van der Waals surface area contributed by atoms with E-state index >= 15 is 0 Å². The van der Waals surface area contributed by atoms with Crippen molar-refractivity contribution in [1.82, 2.24) is 4.98 Å². The molecule has 0 N–H and O–H groups in total. The van der Waals surface area contributed by atoms with Crippen molar-refractivity contribution in [2.24, 2.45) is 0 Å². The molecule has 1 heterocycles. The molecule has 0 spiro atoms. The third-order valence-electron chi connectivity index (χ3n) is 2.38. The van der Waals surface area contributed by atoms with Crippen molar-refractivity contribution in [3.63, 3.8) is 0 Å². The van der Waals surface area contributed by atoms with Gasteiger partial charge in [-0.25, -0.2) is 9.37 Å². The number of rotatable bonds is 3. The van der Waals surface area contributed by atoms with Crippen molar-refractivity contribution in [3.05, 3.63) is 47.2 Å². The number of carbonyl (C=O) groups is 1. The molecule has 0 radical (unpaired) electrons. The number of likely N-dealkylation sites (N-methyl/N-ethyl adjacent to an activating group) is 1. The Balaban J connectivity index is 2.10. The van der Waals surface area contributed by atoms with E-state index in [2.05, 4.69) is 4.98 Å². The Morgan fingerprint density at radius 3 is 2.88 bits per heavy atom. The Morgan fingerprint density at radius 2 is 2.24 bits per heavy atom. The fourth-order valence-corrected chi connectivity index (χ4v) is 2.04. The van der Waals surface area contributed by atoms with Crippen LogP contribution in [-0.2, 0) is 11.2 Å². The van der Waals surface area contributed by atoms with Gasteiger partial charge in [0.15, 0.2) is 5.13 Å². The van der Waals surface area contributed by atoms with E-state index < -0.39 is 0 Å². The van der Waals surface area contributed by atoms with E-state index in [0.717, 1.165) is 0 Å². The highest BCUT2D eigenvalue weighted by molar-refractivity contribution is 7.13. The van der Waals surface area contributed by atoms with Gasteiger partial charge in [-0.05, 0) is 11.6 Å². The highest BCUT2D eigenvalue weighted by Crippen LogP contribution is 2.17. The number of thiazole rings is 1. The lowest BCUT2D eigenvalue weighted by atomic mass is 10.1. The second kappa shape index (κ2) is 5.05. The number of carbonyl (C=O) groups excluding carboxylic acids is 1. The van der Waals surface area contributed by atoms with Crippen LogP contribution >= 0.6 is 11.3 Å². The zero-order chi connectivity index (χ0) is 12.3. The van der Waals surface area contributed by atoms with Crippen LogP contribution in [-0.4, -0.2) is 17.9 Å². The molecule has 2 rings (SSSR count). The summed E-state index contributed by atoms with van der Waals surface area (Å²) in [6.07, 6.45) is 1.68. The van der Waals surface area contributed by atoms with Gasteiger partial charge in [0.2, 0.25) is 5.91 Å². The van der Waals surface area contributed by atoms with Gasteiger partial charge in [0.1, 0.15) is 5.82 Å². The average molecular weight is 250 g/mol. The van der Waals surface area contributed by atoms with E-state index in [1.165, 1.54) is 22.3 Å². The monoisotopic (exact) mass is 250 g/mol. The molecular weight excluding hydrogens is 239 g/mol. The molecule has 88 valence electrons. The Kier molecular flexibility index (Phi) is 3.49. The topological polar surface area (TPSA) is 33.2 Å². The third-order valence-corrected chi connectivity index (χ3v) is 3.23. The maximum Gasteiger partial charge on any atom is 0.233 e. The SMILES string of the molecule is CN(C(=O)Cc1ccccc1F)c1nccs1. The first-order chi connectivity index (χ1) is 8.18. The normalized spacial score (nSPS) is 10.2. The molecule has 0 fully saturated rings. The Hall–Kier alpha value is -1.75. The molecule has 0 saturated carbocycles. The van der Waals surface area contributed by atoms with Crippen LogP contribution in [0.5, 0.6) is 0 Å². The molecule has 0 saturated heterocycles. The lowest BCUT2D eigenvalue weighted by molar-refractivity contribution is -0.117. The smallest absolute Gasteiger partial charge is 0.233 e. The summed E-state index contributed by atoms with van der Waals surface area (Å²) in [5, 5.41) is 2.41. The van der Waals surface area contributed by atoms with Crippen LogP contribution in [0.25, 0.3) is 0 Å². The highest BCUT2D eigenvalue weighted by Gasteiger charge is 2.15. The van der Waals surface area contributed by atoms with Crippen LogP contribution in [0, 0.1) is 5.82 Å². The molecule has 1 amide bonds. The van der Waals surface area contributed by atoms with Gasteiger partial charge >= 0.3 is 0 Å². The summed E-state index contributed by atoms with van der Waals surface area (Å²) in [5.74, 6) is -0.529. The van der Waals surface area contributed by atoms with Crippen LogP contribution in [0.15, 0.2) is 35.8 Å². The molecule has 0 aliphatic heterocycles. The molecule has 0 aliphatic rings. The molecule has 17 heavy (non-hydrogen) atoms. The number of aromatic nitrogens is 1. The molecule has 0 aliphatic carbocycles. The van der Waals surface area contributed by atoms with E-state index in [1.54, 1.807) is 36.8 Å². The van der Waals surface area contributed by atoms with Gasteiger partial charge in [0, 0.05) is 18.6 Å². The van der Waals surface area contributed by atoms with Gasteiger partial charge in [-0.1, -0.05) is 18.2 Å². The largest absolute Gasteiger partial charge is 0.291 e. The number of amides is 1. The van der Waals surface area contributed by atoms with Crippen LogP contribution in [0.2, 0.25) is 0 Å². The minimum absolute atomic E-state index is 0.0444. The Labute approximate surface area is 103 Å². The molecule has 0 unspecified atom stereocenters. The molecule has 2 aromatic rings. The molecular formula is C12H11FN2OS. The fourth-order valence-electron chi connectivity index (χ4n) is 1.41. The van der Waals surface area contributed by atoms with Gasteiger partial charge in [-0.2, -0.15) is 0 Å². The predicted molar refractivity (Wildman–Crippen MR) is 65.6 cm³/mol. The molecule has 3 nitrogen and oxygen atoms in total. The number of nitrogens with zero attached hydrogens (tertiary/aromatic N) is 2. The van der Waals surface area contributed by atoms with Crippen molar-refractivity contribution in [3.8, 4) is 0 Å². The van der Waals surface area contributed by atoms with Crippen LogP contribution in [0.3, 0.4) is 0 Å². The summed E-state index contributed by atoms with van der Waals surface area (Å²) in [6, 6.07) is 6.29. The summed E-state index contributed by atoms with van der Waals surface area (Å²) < 4.78 is 13.4. The van der Waals surface area contributed by atoms with Gasteiger partial charge in [0.05, 0.1) is 6.42 Å². The Bertz CT molecular complexity index is 513. The van der Waals surface area contributed by atoms with Gasteiger partial charge in [0.25, 0.3) is 0 Å². The molecule has 1 aromatic carbocycles. The van der Waals surface area contributed by atoms with E-state index in [4.69, 9.17) is 0 Å². The van der Waals surface area contributed by atoms with E-state index in [-0.39, 0.29) is 18.1 Å². The van der Waals surface area contributed by atoms with Gasteiger partial charge in [-0.3, -0.25) is 9.69 Å². The summed E-state index contributed by atoms with van der Waals surface area (Å²) in [4.78, 5) is 17.4. The predicted octanol–water partition coefficient (Wildman–Crippen LogP) is 2.49.